The Bertz CT molecular complexity index is 850. The van der Waals surface area contributed by atoms with Gasteiger partial charge in [-0.05, 0) is 31.0 Å². The minimum absolute atomic E-state index is 0.147. The van der Waals surface area contributed by atoms with Gasteiger partial charge in [-0.2, -0.15) is 0 Å². The maximum Gasteiger partial charge on any atom is 0.252 e. The van der Waals surface area contributed by atoms with Crippen LogP contribution in [0.1, 0.15) is 55.1 Å². The molecule has 1 aliphatic rings. The monoisotopic (exact) mass is 399 g/mol. The van der Waals surface area contributed by atoms with Crippen LogP contribution in [0.25, 0.3) is 0 Å². The number of amides is 1. The highest BCUT2D eigenvalue weighted by Crippen LogP contribution is 2.43. The highest BCUT2D eigenvalue weighted by atomic mass is 16.5. The number of methoxy groups -OCH3 is 3. The molecule has 3 rings (SSSR count). The van der Waals surface area contributed by atoms with E-state index in [1.54, 1.807) is 12.1 Å². The van der Waals surface area contributed by atoms with Crippen molar-refractivity contribution in [2.45, 2.75) is 44.8 Å². The van der Waals surface area contributed by atoms with Gasteiger partial charge >= 0.3 is 0 Å². The van der Waals surface area contributed by atoms with Crippen LogP contribution in [0.3, 0.4) is 0 Å². The predicted molar refractivity (Wildman–Crippen MR) is 111 cm³/mol. The van der Waals surface area contributed by atoms with Crippen LogP contribution < -0.4 is 24.3 Å². The first-order chi connectivity index (χ1) is 14.0. The van der Waals surface area contributed by atoms with Gasteiger partial charge in [-0.25, -0.2) is 0 Å². The number of nitrogens with one attached hydrogen (secondary N) is 1. The third kappa shape index (κ3) is 3.97. The van der Waals surface area contributed by atoms with E-state index in [0.29, 0.717) is 29.2 Å². The number of hydrogen-bond acceptors (Lipinski definition) is 5. The number of para-hydroxylation sites is 1. The number of carbonyl (C=O) groups is 1. The number of rotatable bonds is 7. The van der Waals surface area contributed by atoms with Crippen LogP contribution in [-0.4, -0.2) is 32.8 Å². The van der Waals surface area contributed by atoms with E-state index in [2.05, 4.69) is 19.2 Å². The number of carbonyl (C=O) groups excluding carboxylic acids is 1. The number of fused-ring (bicyclic) bond motifs is 1. The molecule has 0 bridgehead atoms. The van der Waals surface area contributed by atoms with Crippen LogP contribution in [0.15, 0.2) is 36.4 Å². The molecule has 1 amide bonds. The number of hydrogen-bond donors (Lipinski definition) is 1. The first kappa shape index (κ1) is 20.8. The highest BCUT2D eigenvalue weighted by molar-refractivity contribution is 5.96. The Hall–Kier alpha value is -2.89. The van der Waals surface area contributed by atoms with Gasteiger partial charge in [-0.1, -0.05) is 32.0 Å². The summed E-state index contributed by atoms with van der Waals surface area (Å²) in [5.41, 5.74) is 1.15. The molecule has 2 aromatic rings. The van der Waals surface area contributed by atoms with E-state index in [1.807, 2.05) is 24.3 Å². The molecule has 0 spiro atoms. The molecule has 0 unspecified atom stereocenters. The summed E-state index contributed by atoms with van der Waals surface area (Å²) in [7, 11) is 4.60. The Balaban J connectivity index is 1.94. The summed E-state index contributed by atoms with van der Waals surface area (Å²) in [5.74, 6) is 1.98. The second kappa shape index (κ2) is 8.64. The molecule has 1 aliphatic heterocycles. The van der Waals surface area contributed by atoms with E-state index < -0.39 is 0 Å². The average molecular weight is 399 g/mol. The van der Waals surface area contributed by atoms with Gasteiger partial charge in [-0.3, -0.25) is 4.79 Å². The lowest BCUT2D eigenvalue weighted by atomic mass is 9.83. The zero-order valence-corrected chi connectivity index (χ0v) is 17.7. The third-order valence-electron chi connectivity index (χ3n) is 5.72. The lowest BCUT2D eigenvalue weighted by Crippen LogP contribution is -2.44. The van der Waals surface area contributed by atoms with Gasteiger partial charge in [0.15, 0.2) is 11.5 Å². The van der Waals surface area contributed by atoms with E-state index in [4.69, 9.17) is 18.9 Å². The van der Waals surface area contributed by atoms with E-state index in [0.717, 1.165) is 24.2 Å². The smallest absolute Gasteiger partial charge is 0.252 e. The van der Waals surface area contributed by atoms with Crippen molar-refractivity contribution < 1.29 is 23.7 Å². The molecular formula is C23H29NO5. The lowest BCUT2D eigenvalue weighted by molar-refractivity contribution is 0.0227. The Morgan fingerprint density at radius 3 is 2.24 bits per heavy atom. The summed E-state index contributed by atoms with van der Waals surface area (Å²) in [6.45, 7) is 4.24. The van der Waals surface area contributed by atoms with E-state index in [9.17, 15) is 4.79 Å². The summed E-state index contributed by atoms with van der Waals surface area (Å²) < 4.78 is 22.4. The number of benzene rings is 2. The van der Waals surface area contributed by atoms with Gasteiger partial charge < -0.3 is 24.3 Å². The quantitative estimate of drug-likeness (QED) is 0.741. The van der Waals surface area contributed by atoms with Crippen molar-refractivity contribution in [1.82, 2.24) is 5.32 Å². The summed E-state index contributed by atoms with van der Waals surface area (Å²) >= 11 is 0. The van der Waals surface area contributed by atoms with Crippen molar-refractivity contribution in [3.8, 4) is 23.0 Å². The van der Waals surface area contributed by atoms with Crippen molar-refractivity contribution in [2.24, 2.45) is 0 Å². The topological polar surface area (TPSA) is 66.0 Å². The molecule has 0 saturated carbocycles. The van der Waals surface area contributed by atoms with E-state index in [1.165, 1.54) is 21.3 Å². The lowest BCUT2D eigenvalue weighted by Gasteiger charge is -2.41. The molecule has 156 valence electrons. The minimum atomic E-state index is -0.290. The second-order valence-electron chi connectivity index (χ2n) is 7.17. The summed E-state index contributed by atoms with van der Waals surface area (Å²) in [4.78, 5) is 13.1. The standard InChI is InChI=1S/C23H29NO5/c1-6-23(7-2)14-17(16-10-8-9-11-18(16)29-23)24-22(25)15-12-19(26-3)21(28-5)20(13-15)27-4/h8-13,17H,6-7,14H2,1-5H3,(H,24,25)/t17-/m1/s1. The Morgan fingerprint density at radius 1 is 1.07 bits per heavy atom. The van der Waals surface area contributed by atoms with Gasteiger partial charge in [0.05, 0.1) is 27.4 Å². The molecule has 0 radical (unpaired) electrons. The van der Waals surface area contributed by atoms with Crippen molar-refractivity contribution in [1.29, 1.82) is 0 Å². The molecule has 6 heteroatoms. The SMILES string of the molecule is CCC1(CC)C[C@@H](NC(=O)c2cc(OC)c(OC)c(OC)c2)c2ccccc2O1. The fourth-order valence-corrected chi connectivity index (χ4v) is 3.88. The zero-order valence-electron chi connectivity index (χ0n) is 17.7. The molecule has 1 atom stereocenters. The van der Waals surface area contributed by atoms with E-state index >= 15 is 0 Å². The van der Waals surface area contributed by atoms with Crippen molar-refractivity contribution >= 4 is 5.91 Å². The molecule has 0 saturated heterocycles. The van der Waals surface area contributed by atoms with Crippen molar-refractivity contribution in [3.05, 3.63) is 47.5 Å². The fraction of sp³-hybridized carbons (Fsp3) is 0.435. The van der Waals surface area contributed by atoms with Crippen molar-refractivity contribution in [2.75, 3.05) is 21.3 Å². The summed E-state index contributed by atoms with van der Waals surface area (Å²) in [6.07, 6.45) is 2.45. The average Bonchev–Trinajstić information content (AvgIpc) is 2.77. The number of ether oxygens (including phenoxy) is 4. The molecule has 0 aliphatic carbocycles. The van der Waals surface area contributed by atoms with Gasteiger partial charge in [0, 0.05) is 17.5 Å². The van der Waals surface area contributed by atoms with E-state index in [-0.39, 0.29) is 17.6 Å². The Morgan fingerprint density at radius 2 is 1.69 bits per heavy atom. The predicted octanol–water partition coefficient (Wildman–Crippen LogP) is 4.52. The first-order valence-corrected chi connectivity index (χ1v) is 9.89. The van der Waals surface area contributed by atoms with Gasteiger partial charge in [-0.15, -0.1) is 0 Å². The molecule has 6 nitrogen and oxygen atoms in total. The van der Waals surface area contributed by atoms with Gasteiger partial charge in [0.2, 0.25) is 5.75 Å². The molecule has 1 N–H and O–H groups in total. The maximum absolute atomic E-state index is 13.1. The maximum atomic E-state index is 13.1. The van der Waals surface area contributed by atoms with Crippen LogP contribution in [0.2, 0.25) is 0 Å². The molecule has 2 aromatic carbocycles. The normalized spacial score (nSPS) is 16.9. The van der Waals surface area contributed by atoms with Gasteiger partial charge in [0.25, 0.3) is 5.91 Å². The third-order valence-corrected chi connectivity index (χ3v) is 5.72. The Kier molecular flexibility index (Phi) is 6.20. The zero-order chi connectivity index (χ0) is 21.0. The largest absolute Gasteiger partial charge is 0.493 e. The highest BCUT2D eigenvalue weighted by Gasteiger charge is 2.39. The molecule has 0 aromatic heterocycles. The van der Waals surface area contributed by atoms with Crippen LogP contribution in [0, 0.1) is 0 Å². The Labute approximate surface area is 172 Å². The summed E-state index contributed by atoms with van der Waals surface area (Å²) in [5, 5.41) is 3.18. The molecule has 0 fully saturated rings. The second-order valence-corrected chi connectivity index (χ2v) is 7.17. The van der Waals surface area contributed by atoms with Crippen LogP contribution >= 0.6 is 0 Å². The van der Waals surface area contributed by atoms with Crippen LogP contribution in [0.4, 0.5) is 0 Å². The fourth-order valence-electron chi connectivity index (χ4n) is 3.88. The minimum Gasteiger partial charge on any atom is -0.493 e. The molecule has 29 heavy (non-hydrogen) atoms. The van der Waals surface area contributed by atoms with Crippen LogP contribution in [0.5, 0.6) is 23.0 Å². The van der Waals surface area contributed by atoms with Crippen LogP contribution in [-0.2, 0) is 0 Å². The molecule has 1 heterocycles. The van der Waals surface area contributed by atoms with Crippen molar-refractivity contribution in [3.63, 3.8) is 0 Å². The summed E-state index contributed by atoms with van der Waals surface area (Å²) in [6, 6.07) is 11.1. The van der Waals surface area contributed by atoms with Gasteiger partial charge in [0.1, 0.15) is 11.4 Å². The molecular weight excluding hydrogens is 370 g/mol. The first-order valence-electron chi connectivity index (χ1n) is 9.89.